The number of sulfone groups is 1. The fraction of sp³-hybridized carbons (Fsp3) is 0.316. The molecule has 2 rings (SSSR count). The van der Waals surface area contributed by atoms with Gasteiger partial charge >= 0.3 is 6.03 Å². The fourth-order valence-electron chi connectivity index (χ4n) is 2.56. The topological polar surface area (TPSA) is 84.5 Å². The van der Waals surface area contributed by atoms with E-state index in [4.69, 9.17) is 4.74 Å². The van der Waals surface area contributed by atoms with E-state index in [1.54, 1.807) is 32.0 Å². The van der Waals surface area contributed by atoms with E-state index in [0.717, 1.165) is 11.8 Å². The van der Waals surface area contributed by atoms with Crippen LogP contribution in [0.15, 0.2) is 47.4 Å². The minimum absolute atomic E-state index is 0.140. The summed E-state index contributed by atoms with van der Waals surface area (Å²) in [7, 11) is -1.88. The van der Waals surface area contributed by atoms with Gasteiger partial charge in [-0.15, -0.1) is 0 Å². The number of methoxy groups -OCH3 is 1. The number of urea groups is 1. The van der Waals surface area contributed by atoms with Crippen LogP contribution in [0.1, 0.15) is 37.1 Å². The predicted octanol–water partition coefficient (Wildman–Crippen LogP) is 3.36. The Kier molecular flexibility index (Phi) is 6.43. The molecule has 2 N–H and O–H groups in total. The third-order valence-corrected chi connectivity index (χ3v) is 5.31. The smallest absolute Gasteiger partial charge is 0.315 e. The predicted molar refractivity (Wildman–Crippen MR) is 101 cm³/mol. The first-order valence-corrected chi connectivity index (χ1v) is 10.2. The Morgan fingerprint density at radius 2 is 1.52 bits per heavy atom. The number of halogens is 1. The Bertz CT molecular complexity index is 914. The summed E-state index contributed by atoms with van der Waals surface area (Å²) >= 11 is 0. The van der Waals surface area contributed by atoms with Gasteiger partial charge in [-0.1, -0.05) is 18.2 Å². The molecule has 0 aromatic heterocycles. The number of nitrogens with one attached hydrogen (secondary N) is 2. The zero-order valence-corrected chi connectivity index (χ0v) is 16.4. The first-order valence-electron chi connectivity index (χ1n) is 8.32. The van der Waals surface area contributed by atoms with Crippen LogP contribution >= 0.6 is 0 Å². The number of carbonyl (C=O) groups excluding carboxylic acids is 1. The van der Waals surface area contributed by atoms with E-state index in [0.29, 0.717) is 5.56 Å². The van der Waals surface area contributed by atoms with Crippen molar-refractivity contribution >= 4 is 15.9 Å². The molecule has 0 aliphatic heterocycles. The van der Waals surface area contributed by atoms with Crippen molar-refractivity contribution in [2.75, 3.05) is 13.4 Å². The molecular weight excluding hydrogens is 371 g/mol. The molecule has 0 heterocycles. The van der Waals surface area contributed by atoms with Gasteiger partial charge in [0, 0.05) is 6.26 Å². The van der Waals surface area contributed by atoms with Crippen LogP contribution in [0.25, 0.3) is 0 Å². The molecule has 146 valence electrons. The van der Waals surface area contributed by atoms with E-state index in [9.17, 15) is 17.6 Å². The molecule has 2 atom stereocenters. The largest absolute Gasteiger partial charge is 0.494 e. The average molecular weight is 394 g/mol. The lowest BCUT2D eigenvalue weighted by atomic mass is 10.1. The second-order valence-corrected chi connectivity index (χ2v) is 8.31. The van der Waals surface area contributed by atoms with Crippen molar-refractivity contribution < 1.29 is 22.3 Å². The van der Waals surface area contributed by atoms with Crippen LogP contribution < -0.4 is 15.4 Å². The van der Waals surface area contributed by atoms with E-state index >= 15 is 0 Å². The minimum Gasteiger partial charge on any atom is -0.494 e. The first-order chi connectivity index (χ1) is 12.6. The first kappa shape index (κ1) is 20.7. The quantitative estimate of drug-likeness (QED) is 0.787. The fourth-order valence-corrected chi connectivity index (χ4v) is 3.19. The van der Waals surface area contributed by atoms with Crippen molar-refractivity contribution in [3.8, 4) is 5.75 Å². The van der Waals surface area contributed by atoms with Gasteiger partial charge in [-0.2, -0.15) is 0 Å². The van der Waals surface area contributed by atoms with Crippen molar-refractivity contribution in [2.24, 2.45) is 0 Å². The SMILES string of the molecule is COc1ccc(C(C)NC(=O)NC(C)c2ccc(S(C)(=O)=O)cc2)cc1F. The zero-order chi connectivity index (χ0) is 20.2. The highest BCUT2D eigenvalue weighted by atomic mass is 32.2. The van der Waals surface area contributed by atoms with Crippen LogP contribution in [0, 0.1) is 5.82 Å². The molecule has 2 amide bonds. The van der Waals surface area contributed by atoms with E-state index in [1.807, 2.05) is 0 Å². The van der Waals surface area contributed by atoms with E-state index in [1.165, 1.54) is 31.4 Å². The Labute approximate surface area is 158 Å². The van der Waals surface area contributed by atoms with Gasteiger partial charge in [0.2, 0.25) is 0 Å². The van der Waals surface area contributed by atoms with Crippen LogP contribution in [0.3, 0.4) is 0 Å². The molecule has 2 aromatic rings. The molecule has 0 aliphatic carbocycles. The monoisotopic (exact) mass is 394 g/mol. The Morgan fingerprint density at radius 3 is 2.00 bits per heavy atom. The highest BCUT2D eigenvalue weighted by molar-refractivity contribution is 7.90. The molecule has 2 unspecified atom stereocenters. The van der Waals surface area contributed by atoms with Crippen molar-refractivity contribution in [1.29, 1.82) is 0 Å². The summed E-state index contributed by atoms with van der Waals surface area (Å²) in [6, 6.07) is 9.66. The average Bonchev–Trinajstić information content (AvgIpc) is 2.60. The van der Waals surface area contributed by atoms with Crippen LogP contribution in [-0.4, -0.2) is 27.8 Å². The zero-order valence-electron chi connectivity index (χ0n) is 15.6. The highest BCUT2D eigenvalue weighted by Crippen LogP contribution is 2.22. The van der Waals surface area contributed by atoms with E-state index in [2.05, 4.69) is 10.6 Å². The number of amides is 2. The Morgan fingerprint density at radius 1 is 1.00 bits per heavy atom. The number of rotatable bonds is 6. The lowest BCUT2D eigenvalue weighted by Gasteiger charge is -2.19. The minimum atomic E-state index is -3.26. The molecule has 0 spiro atoms. The lowest BCUT2D eigenvalue weighted by molar-refractivity contribution is 0.235. The lowest BCUT2D eigenvalue weighted by Crippen LogP contribution is -2.38. The number of benzene rings is 2. The summed E-state index contributed by atoms with van der Waals surface area (Å²) in [6.45, 7) is 3.53. The summed E-state index contributed by atoms with van der Waals surface area (Å²) in [5.74, 6) is -0.357. The third-order valence-electron chi connectivity index (χ3n) is 4.18. The molecule has 0 saturated carbocycles. The van der Waals surface area contributed by atoms with Gasteiger partial charge in [-0.25, -0.2) is 17.6 Å². The normalized spacial score (nSPS) is 13.5. The molecule has 0 aliphatic rings. The van der Waals surface area contributed by atoms with Gasteiger partial charge < -0.3 is 15.4 Å². The summed E-state index contributed by atoms with van der Waals surface area (Å²) in [6.07, 6.45) is 1.14. The summed E-state index contributed by atoms with van der Waals surface area (Å²) in [4.78, 5) is 12.4. The second-order valence-electron chi connectivity index (χ2n) is 6.30. The number of hydrogen-bond donors (Lipinski definition) is 2. The summed E-state index contributed by atoms with van der Waals surface area (Å²) in [5, 5.41) is 5.52. The van der Waals surface area contributed by atoms with Crippen molar-refractivity contribution in [1.82, 2.24) is 10.6 Å². The molecule has 0 fully saturated rings. The number of carbonyl (C=O) groups is 1. The number of ether oxygens (including phenoxy) is 1. The summed E-state index contributed by atoms with van der Waals surface area (Å²) in [5.41, 5.74) is 1.37. The molecule has 0 bridgehead atoms. The maximum absolute atomic E-state index is 13.8. The number of hydrogen-bond acceptors (Lipinski definition) is 4. The molecule has 2 aromatic carbocycles. The Hall–Kier alpha value is -2.61. The van der Waals surface area contributed by atoms with Crippen LogP contribution in [0.4, 0.5) is 9.18 Å². The molecule has 27 heavy (non-hydrogen) atoms. The second kappa shape index (κ2) is 8.39. The highest BCUT2D eigenvalue weighted by Gasteiger charge is 2.15. The van der Waals surface area contributed by atoms with Crippen LogP contribution in [0.5, 0.6) is 5.75 Å². The van der Waals surface area contributed by atoms with Gasteiger partial charge in [0.05, 0.1) is 24.1 Å². The maximum atomic E-state index is 13.8. The van der Waals surface area contributed by atoms with Crippen LogP contribution in [-0.2, 0) is 9.84 Å². The van der Waals surface area contributed by atoms with Crippen molar-refractivity contribution in [2.45, 2.75) is 30.8 Å². The van der Waals surface area contributed by atoms with Crippen LogP contribution in [0.2, 0.25) is 0 Å². The van der Waals surface area contributed by atoms with Crippen molar-refractivity contribution in [3.05, 3.63) is 59.4 Å². The van der Waals surface area contributed by atoms with Gasteiger partial charge in [0.25, 0.3) is 0 Å². The molecule has 0 saturated heterocycles. The van der Waals surface area contributed by atoms with E-state index < -0.39 is 27.7 Å². The Balaban J connectivity index is 1.99. The molecule has 0 radical (unpaired) electrons. The third kappa shape index (κ3) is 5.43. The molecular formula is C19H23FN2O4S. The van der Waals surface area contributed by atoms with E-state index in [-0.39, 0.29) is 16.7 Å². The van der Waals surface area contributed by atoms with Gasteiger partial charge in [0.15, 0.2) is 21.4 Å². The maximum Gasteiger partial charge on any atom is 0.315 e. The van der Waals surface area contributed by atoms with Gasteiger partial charge in [0.1, 0.15) is 0 Å². The molecule has 6 nitrogen and oxygen atoms in total. The standard InChI is InChI=1S/C19H23FN2O4S/c1-12(14-5-8-16(9-6-14)27(4,24)25)21-19(23)22-13(2)15-7-10-18(26-3)17(20)11-15/h5-13H,1-4H3,(H2,21,22,23). The summed E-state index contributed by atoms with van der Waals surface area (Å²) < 4.78 is 41.7. The molecule has 8 heteroatoms. The van der Waals surface area contributed by atoms with Crippen molar-refractivity contribution in [3.63, 3.8) is 0 Å². The van der Waals surface area contributed by atoms with Gasteiger partial charge in [-0.05, 0) is 49.2 Å². The van der Waals surface area contributed by atoms with Gasteiger partial charge in [-0.3, -0.25) is 0 Å².